The fourth-order valence-corrected chi connectivity index (χ4v) is 8.15. The number of benzene rings is 1. The number of hydrogen-bond donors (Lipinski definition) is 2. The Morgan fingerprint density at radius 1 is 1.08 bits per heavy atom. The summed E-state index contributed by atoms with van der Waals surface area (Å²) >= 11 is 1.56. The number of methoxy groups -OCH3 is 2. The number of aromatic nitrogens is 1. The molecule has 3 amide bonds. The Morgan fingerprint density at radius 2 is 1.75 bits per heavy atom. The molecule has 0 radical (unpaired) electrons. The summed E-state index contributed by atoms with van der Waals surface area (Å²) in [5.74, 6) is -1.41. The van der Waals surface area contributed by atoms with Crippen molar-refractivity contribution in [3.05, 3.63) is 52.5 Å². The van der Waals surface area contributed by atoms with Crippen LogP contribution in [0.15, 0.2) is 41.9 Å². The number of rotatable bonds is 20. The Labute approximate surface area is 315 Å². The lowest BCUT2D eigenvalue weighted by Gasteiger charge is -2.41. The van der Waals surface area contributed by atoms with Crippen LogP contribution in [0.5, 0.6) is 0 Å². The van der Waals surface area contributed by atoms with Crippen molar-refractivity contribution in [1.82, 2.24) is 20.1 Å². The van der Waals surface area contributed by atoms with Gasteiger partial charge in [0.05, 0.1) is 41.3 Å². The quantitative estimate of drug-likeness (QED) is 0.188. The predicted molar refractivity (Wildman–Crippen MR) is 206 cm³/mol. The van der Waals surface area contributed by atoms with Crippen molar-refractivity contribution in [3.8, 4) is 0 Å². The highest BCUT2D eigenvalue weighted by atomic mass is 32.1. The molecule has 3 N–H and O–H groups in total. The van der Waals surface area contributed by atoms with Crippen molar-refractivity contribution >= 4 is 34.8 Å². The van der Waals surface area contributed by atoms with E-state index in [0.29, 0.717) is 19.4 Å². The van der Waals surface area contributed by atoms with Crippen LogP contribution in [0, 0.1) is 17.8 Å². The second kappa shape index (κ2) is 19.8. The molecule has 0 bridgehead atoms. The van der Waals surface area contributed by atoms with Crippen LogP contribution in [0.3, 0.4) is 0 Å². The van der Waals surface area contributed by atoms with Gasteiger partial charge in [-0.15, -0.1) is 11.3 Å². The van der Waals surface area contributed by atoms with Crippen molar-refractivity contribution in [2.45, 2.75) is 129 Å². The molecule has 52 heavy (non-hydrogen) atoms. The first-order valence-corrected chi connectivity index (χ1v) is 19.6. The molecule has 290 valence electrons. The van der Waals surface area contributed by atoms with Gasteiger partial charge in [-0.2, -0.15) is 0 Å². The van der Waals surface area contributed by atoms with E-state index >= 15 is 0 Å². The maximum atomic E-state index is 14.2. The van der Waals surface area contributed by atoms with E-state index in [4.69, 9.17) is 15.2 Å². The number of likely N-dealkylation sites (tertiary alicyclic amines) is 1. The number of amides is 3. The third-order valence-corrected chi connectivity index (χ3v) is 11.7. The Hall–Kier alpha value is -3.19. The van der Waals surface area contributed by atoms with Crippen LogP contribution < -0.4 is 11.1 Å². The molecule has 0 spiro atoms. The highest BCUT2D eigenvalue weighted by Crippen LogP contribution is 2.33. The van der Waals surface area contributed by atoms with Crippen molar-refractivity contribution in [3.63, 3.8) is 0 Å². The largest absolute Gasteiger partial charge is 0.379 e. The van der Waals surface area contributed by atoms with Gasteiger partial charge in [0.25, 0.3) is 0 Å². The zero-order valence-corrected chi connectivity index (χ0v) is 33.8. The van der Waals surface area contributed by atoms with Gasteiger partial charge in [-0.25, -0.2) is 4.98 Å². The topological polar surface area (TPSA) is 144 Å². The number of ketones is 1. The van der Waals surface area contributed by atoms with Gasteiger partial charge in [0.15, 0.2) is 0 Å². The second-order valence-corrected chi connectivity index (χ2v) is 16.4. The van der Waals surface area contributed by atoms with Gasteiger partial charge in [0.2, 0.25) is 17.7 Å². The Bertz CT molecular complexity index is 1430. The van der Waals surface area contributed by atoms with E-state index in [9.17, 15) is 19.2 Å². The molecule has 2 heterocycles. The number of nitrogens with one attached hydrogen (secondary N) is 1. The third-order valence-electron chi connectivity index (χ3n) is 10.7. The Kier molecular flexibility index (Phi) is 16.4. The molecule has 3 rings (SSSR count). The molecule has 2 aromatic rings. The summed E-state index contributed by atoms with van der Waals surface area (Å²) in [5.41, 5.74) is 6.04. The molecule has 11 nitrogen and oxygen atoms in total. The Morgan fingerprint density at radius 3 is 2.29 bits per heavy atom. The van der Waals surface area contributed by atoms with Crippen molar-refractivity contribution in [2.24, 2.45) is 23.5 Å². The fraction of sp³-hybridized carbons (Fsp3) is 0.675. The normalized spacial score (nSPS) is 19.0. The average molecular weight is 742 g/mol. The summed E-state index contributed by atoms with van der Waals surface area (Å²) in [4.78, 5) is 63.0. The smallest absolute Gasteiger partial charge is 0.245 e. The van der Waals surface area contributed by atoms with Crippen LogP contribution in [0.2, 0.25) is 0 Å². The van der Waals surface area contributed by atoms with Crippen LogP contribution in [-0.2, 0) is 35.1 Å². The molecule has 1 fully saturated rings. The summed E-state index contributed by atoms with van der Waals surface area (Å²) in [6.45, 7) is 13.5. The third kappa shape index (κ3) is 11.2. The van der Waals surface area contributed by atoms with Gasteiger partial charge in [0, 0.05) is 57.6 Å². The molecule has 12 heteroatoms. The molecular formula is C40H63N5O6S. The number of nitrogens with two attached hydrogens (primary N) is 1. The van der Waals surface area contributed by atoms with E-state index in [1.807, 2.05) is 63.1 Å². The second-order valence-electron chi connectivity index (χ2n) is 15.4. The van der Waals surface area contributed by atoms with E-state index in [0.717, 1.165) is 29.8 Å². The molecule has 1 aromatic heterocycles. The molecule has 0 aliphatic carbocycles. The SMILES string of the molecule is CC[C@H](C)[C@@H]([C@@H](CC(=O)N1CCC[C@H]1[C@H](OC)[C@@H](C)C(=O)C[C@@H](Cc1ccccc1)c1nccs1)OC)N(C)C(=O)[C@@H](NC(=O)C(C)(C)N)C(C)C. The summed E-state index contributed by atoms with van der Waals surface area (Å²) < 4.78 is 12.1. The standard InChI is InChI=1S/C40H63N5O6S/c1-11-26(4)35(44(8)38(48)34(25(2)3)43-39(49)40(6,7)41)32(50-9)24-33(47)45-20-15-18-30(45)36(51-10)27(5)31(46)23-29(37-42-19-21-52-37)22-28-16-13-12-14-17-28/h12-14,16-17,19,21,25-27,29-30,32,34-36H,11,15,18,20,22-24,41H2,1-10H3,(H,43,49)/t26-,27-,29+,30-,32+,34-,35-,36+/m0/s1. The maximum Gasteiger partial charge on any atom is 0.245 e. The first-order valence-electron chi connectivity index (χ1n) is 18.7. The number of ether oxygens (including phenoxy) is 2. The van der Waals surface area contributed by atoms with Crippen LogP contribution in [0.1, 0.15) is 97.1 Å². The lowest BCUT2D eigenvalue weighted by atomic mass is 9.85. The van der Waals surface area contributed by atoms with Crippen molar-refractivity contribution < 1.29 is 28.7 Å². The van der Waals surface area contributed by atoms with E-state index < -0.39 is 41.7 Å². The number of carbonyl (C=O) groups is 4. The van der Waals surface area contributed by atoms with Crippen LogP contribution in [0.25, 0.3) is 0 Å². The highest BCUT2D eigenvalue weighted by Gasteiger charge is 2.43. The predicted octanol–water partition coefficient (Wildman–Crippen LogP) is 5.23. The van der Waals surface area contributed by atoms with Gasteiger partial charge in [-0.3, -0.25) is 19.2 Å². The van der Waals surface area contributed by atoms with Gasteiger partial charge < -0.3 is 30.3 Å². The summed E-state index contributed by atoms with van der Waals surface area (Å²) in [5, 5.41) is 5.73. The molecule has 0 unspecified atom stereocenters. The monoisotopic (exact) mass is 741 g/mol. The van der Waals surface area contributed by atoms with Gasteiger partial charge in [-0.1, -0.05) is 71.4 Å². The molecule has 1 saturated heterocycles. The lowest BCUT2D eigenvalue weighted by Crippen LogP contribution is -2.60. The van der Waals surface area contributed by atoms with Crippen molar-refractivity contribution in [1.29, 1.82) is 0 Å². The van der Waals surface area contributed by atoms with Gasteiger partial charge in [0.1, 0.15) is 11.8 Å². The zero-order chi connectivity index (χ0) is 38.7. The summed E-state index contributed by atoms with van der Waals surface area (Å²) in [6.07, 6.45) is 4.04. The number of hydrogen-bond acceptors (Lipinski definition) is 9. The minimum atomic E-state index is -1.15. The summed E-state index contributed by atoms with van der Waals surface area (Å²) in [7, 11) is 4.90. The van der Waals surface area contributed by atoms with E-state index in [1.165, 1.54) is 0 Å². The maximum absolute atomic E-state index is 14.2. The highest BCUT2D eigenvalue weighted by molar-refractivity contribution is 7.09. The Balaban J connectivity index is 1.78. The van der Waals surface area contributed by atoms with Gasteiger partial charge in [-0.05, 0) is 50.5 Å². The minimum absolute atomic E-state index is 0.0124. The van der Waals surface area contributed by atoms with Crippen LogP contribution in [-0.4, -0.2) is 102 Å². The van der Waals surface area contributed by atoms with Crippen LogP contribution in [0.4, 0.5) is 0 Å². The van der Waals surface area contributed by atoms with E-state index in [1.54, 1.807) is 57.5 Å². The zero-order valence-electron chi connectivity index (χ0n) is 33.0. The summed E-state index contributed by atoms with van der Waals surface area (Å²) in [6, 6.07) is 8.63. The molecule has 1 aromatic carbocycles. The number of carbonyl (C=O) groups excluding carboxylic acids is 4. The molecule has 1 aliphatic heterocycles. The minimum Gasteiger partial charge on any atom is -0.379 e. The molecule has 1 aliphatic rings. The average Bonchev–Trinajstić information content (AvgIpc) is 3.83. The molecule has 8 atom stereocenters. The number of Topliss-reactive ketones (excluding diaryl/α,β-unsaturated/α-hetero) is 1. The fourth-order valence-electron chi connectivity index (χ4n) is 7.41. The van der Waals surface area contributed by atoms with E-state index in [-0.39, 0.29) is 47.8 Å². The molecular weight excluding hydrogens is 679 g/mol. The first-order chi connectivity index (χ1) is 24.5. The first kappa shape index (κ1) is 43.2. The van der Waals surface area contributed by atoms with Gasteiger partial charge >= 0.3 is 0 Å². The van der Waals surface area contributed by atoms with Crippen LogP contribution >= 0.6 is 11.3 Å². The van der Waals surface area contributed by atoms with Crippen molar-refractivity contribution in [2.75, 3.05) is 27.8 Å². The number of nitrogens with zero attached hydrogens (tertiary/aromatic N) is 3. The lowest BCUT2D eigenvalue weighted by molar-refractivity contribution is -0.147. The number of thiazole rings is 1. The van der Waals surface area contributed by atoms with E-state index in [2.05, 4.69) is 22.4 Å². The number of likely N-dealkylation sites (N-methyl/N-ethyl adjacent to an activating group) is 1. The molecule has 0 saturated carbocycles.